The number of carbonyl (C=O) groups excluding carboxylic acids is 1. The third kappa shape index (κ3) is 4.88. The SMILES string of the molecule is O=C(CSc1nnc(C2CCCCC2)o1)Nc1cc(Cl)cc(Cl)c1. The van der Waals surface area contributed by atoms with Gasteiger partial charge >= 0.3 is 0 Å². The van der Waals surface area contributed by atoms with Gasteiger partial charge in [-0.05, 0) is 31.0 Å². The largest absolute Gasteiger partial charge is 0.416 e. The van der Waals surface area contributed by atoms with E-state index >= 15 is 0 Å². The van der Waals surface area contributed by atoms with Crippen LogP contribution in [0.3, 0.4) is 0 Å². The van der Waals surface area contributed by atoms with Gasteiger partial charge in [-0.2, -0.15) is 0 Å². The summed E-state index contributed by atoms with van der Waals surface area (Å²) in [7, 11) is 0. The van der Waals surface area contributed by atoms with Gasteiger partial charge in [-0.1, -0.05) is 54.2 Å². The second-order valence-electron chi connectivity index (χ2n) is 5.74. The van der Waals surface area contributed by atoms with Crippen LogP contribution in [0, 0.1) is 0 Å². The first-order valence-corrected chi connectivity index (χ1v) is 9.56. The average molecular weight is 386 g/mol. The van der Waals surface area contributed by atoms with Gasteiger partial charge in [0.2, 0.25) is 11.8 Å². The van der Waals surface area contributed by atoms with Crippen molar-refractivity contribution >= 4 is 46.6 Å². The lowest BCUT2D eigenvalue weighted by atomic mass is 9.89. The highest BCUT2D eigenvalue weighted by atomic mass is 35.5. The molecule has 1 aromatic carbocycles. The van der Waals surface area contributed by atoms with Crippen LogP contribution in [0.25, 0.3) is 0 Å². The summed E-state index contributed by atoms with van der Waals surface area (Å²) in [5, 5.41) is 12.3. The molecule has 0 unspecified atom stereocenters. The van der Waals surface area contributed by atoms with Gasteiger partial charge in [0.15, 0.2) is 0 Å². The molecular weight excluding hydrogens is 369 g/mol. The van der Waals surface area contributed by atoms with E-state index in [2.05, 4.69) is 15.5 Å². The van der Waals surface area contributed by atoms with Gasteiger partial charge in [0, 0.05) is 21.7 Å². The molecular formula is C16H17Cl2N3O2S. The highest BCUT2D eigenvalue weighted by Gasteiger charge is 2.21. The molecule has 0 radical (unpaired) electrons. The van der Waals surface area contributed by atoms with Crippen molar-refractivity contribution in [2.24, 2.45) is 0 Å². The van der Waals surface area contributed by atoms with Gasteiger partial charge < -0.3 is 9.73 Å². The number of amides is 1. The standard InChI is InChI=1S/C16H17Cl2N3O2S/c17-11-6-12(18)8-13(7-11)19-14(22)9-24-16-21-20-15(23-16)10-4-2-1-3-5-10/h6-8,10H,1-5,9H2,(H,19,22). The smallest absolute Gasteiger partial charge is 0.277 e. The Morgan fingerprint density at radius 2 is 1.88 bits per heavy atom. The maximum Gasteiger partial charge on any atom is 0.277 e. The number of nitrogens with one attached hydrogen (secondary N) is 1. The number of anilines is 1. The van der Waals surface area contributed by atoms with Crippen LogP contribution in [0.5, 0.6) is 0 Å². The number of carbonyl (C=O) groups is 1. The summed E-state index contributed by atoms with van der Waals surface area (Å²) in [5.74, 6) is 1.05. The average Bonchev–Trinajstić information content (AvgIpc) is 3.02. The number of hydrogen-bond acceptors (Lipinski definition) is 5. The van der Waals surface area contributed by atoms with Gasteiger partial charge in [0.25, 0.3) is 5.22 Å². The molecule has 1 amide bonds. The second kappa shape index (κ2) is 8.23. The predicted molar refractivity (Wildman–Crippen MR) is 95.9 cm³/mol. The first-order chi connectivity index (χ1) is 11.6. The van der Waals surface area contributed by atoms with E-state index in [1.807, 2.05) is 0 Å². The Balaban J connectivity index is 1.51. The van der Waals surface area contributed by atoms with Crippen molar-refractivity contribution in [3.8, 4) is 0 Å². The zero-order valence-electron chi connectivity index (χ0n) is 12.9. The number of benzene rings is 1. The first kappa shape index (κ1) is 17.6. The Morgan fingerprint density at radius 1 is 1.17 bits per heavy atom. The molecule has 1 N–H and O–H groups in total. The monoisotopic (exact) mass is 385 g/mol. The molecule has 0 saturated heterocycles. The van der Waals surface area contributed by atoms with Crippen molar-refractivity contribution in [1.29, 1.82) is 0 Å². The minimum absolute atomic E-state index is 0.177. The van der Waals surface area contributed by atoms with E-state index in [0.717, 1.165) is 12.8 Å². The van der Waals surface area contributed by atoms with Gasteiger partial charge in [-0.15, -0.1) is 10.2 Å². The molecule has 1 heterocycles. The molecule has 128 valence electrons. The maximum atomic E-state index is 12.0. The summed E-state index contributed by atoms with van der Waals surface area (Å²) in [4.78, 5) is 12.0. The zero-order chi connectivity index (χ0) is 16.9. The predicted octanol–water partition coefficient (Wildman–Crippen LogP) is 5.15. The molecule has 8 heteroatoms. The van der Waals surface area contributed by atoms with Crippen molar-refractivity contribution in [2.75, 3.05) is 11.1 Å². The van der Waals surface area contributed by atoms with Gasteiger partial charge in [-0.25, -0.2) is 0 Å². The summed E-state index contributed by atoms with van der Waals surface area (Å²) < 4.78 is 5.68. The van der Waals surface area contributed by atoms with E-state index in [4.69, 9.17) is 27.6 Å². The van der Waals surface area contributed by atoms with E-state index in [1.165, 1.54) is 31.0 Å². The number of thioether (sulfide) groups is 1. The minimum Gasteiger partial charge on any atom is -0.416 e. The summed E-state index contributed by atoms with van der Waals surface area (Å²) in [5.41, 5.74) is 0.562. The highest BCUT2D eigenvalue weighted by molar-refractivity contribution is 7.99. The van der Waals surface area contributed by atoms with Crippen LogP contribution in [-0.4, -0.2) is 21.9 Å². The molecule has 0 aliphatic heterocycles. The summed E-state index contributed by atoms with van der Waals surface area (Å²) in [6.45, 7) is 0. The van der Waals surface area contributed by atoms with Crippen molar-refractivity contribution in [3.63, 3.8) is 0 Å². The second-order valence-corrected chi connectivity index (χ2v) is 7.54. The minimum atomic E-state index is -0.184. The van der Waals surface area contributed by atoms with Crippen molar-refractivity contribution in [2.45, 2.75) is 43.2 Å². The van der Waals surface area contributed by atoms with Crippen LogP contribution < -0.4 is 5.32 Å². The number of aromatic nitrogens is 2. The third-order valence-corrected chi connectivity index (χ3v) is 5.10. The highest BCUT2D eigenvalue weighted by Crippen LogP contribution is 2.33. The molecule has 1 aliphatic rings. The van der Waals surface area contributed by atoms with E-state index in [9.17, 15) is 4.79 Å². The molecule has 1 aromatic heterocycles. The lowest BCUT2D eigenvalue weighted by Crippen LogP contribution is -2.13. The van der Waals surface area contributed by atoms with Crippen LogP contribution in [0.2, 0.25) is 10.0 Å². The molecule has 1 aliphatic carbocycles. The van der Waals surface area contributed by atoms with Crippen LogP contribution in [0.15, 0.2) is 27.8 Å². The normalized spacial score (nSPS) is 15.4. The lowest BCUT2D eigenvalue weighted by Gasteiger charge is -2.17. The van der Waals surface area contributed by atoms with E-state index in [-0.39, 0.29) is 11.7 Å². The van der Waals surface area contributed by atoms with Gasteiger partial charge in [-0.3, -0.25) is 4.79 Å². The molecule has 3 rings (SSSR count). The third-order valence-electron chi connectivity index (χ3n) is 3.85. The molecule has 24 heavy (non-hydrogen) atoms. The summed E-state index contributed by atoms with van der Waals surface area (Å²) in [6, 6.07) is 4.90. The Morgan fingerprint density at radius 3 is 2.58 bits per heavy atom. The molecule has 1 fully saturated rings. The fraction of sp³-hybridized carbons (Fsp3) is 0.438. The van der Waals surface area contributed by atoms with Crippen LogP contribution in [0.4, 0.5) is 5.69 Å². The maximum absolute atomic E-state index is 12.0. The molecule has 0 atom stereocenters. The van der Waals surface area contributed by atoms with E-state index < -0.39 is 0 Å². The quantitative estimate of drug-likeness (QED) is 0.720. The number of nitrogens with zero attached hydrogens (tertiary/aromatic N) is 2. The van der Waals surface area contributed by atoms with Crippen LogP contribution >= 0.6 is 35.0 Å². The van der Waals surface area contributed by atoms with Crippen LogP contribution in [-0.2, 0) is 4.79 Å². The molecule has 0 spiro atoms. The Hall–Kier alpha value is -1.24. The van der Waals surface area contributed by atoms with Crippen LogP contribution in [0.1, 0.15) is 43.9 Å². The molecule has 1 saturated carbocycles. The number of rotatable bonds is 5. The topological polar surface area (TPSA) is 68.0 Å². The Bertz CT molecular complexity index is 697. The fourth-order valence-electron chi connectivity index (χ4n) is 2.74. The summed E-state index contributed by atoms with van der Waals surface area (Å²) >= 11 is 13.0. The summed E-state index contributed by atoms with van der Waals surface area (Å²) in [6.07, 6.45) is 5.89. The van der Waals surface area contributed by atoms with Gasteiger partial charge in [0.1, 0.15) is 0 Å². The lowest BCUT2D eigenvalue weighted by molar-refractivity contribution is -0.113. The molecule has 5 nitrogen and oxygen atoms in total. The number of hydrogen-bond donors (Lipinski definition) is 1. The Kier molecular flexibility index (Phi) is 6.03. The molecule has 0 bridgehead atoms. The van der Waals surface area contributed by atoms with Crippen molar-refractivity contribution in [1.82, 2.24) is 10.2 Å². The van der Waals surface area contributed by atoms with Crippen molar-refractivity contribution in [3.05, 3.63) is 34.1 Å². The van der Waals surface area contributed by atoms with Crippen molar-refractivity contribution < 1.29 is 9.21 Å². The van der Waals surface area contributed by atoms with E-state index in [0.29, 0.717) is 32.8 Å². The Labute approximate surface area is 154 Å². The van der Waals surface area contributed by atoms with E-state index in [1.54, 1.807) is 18.2 Å². The number of halogens is 2. The molecule has 2 aromatic rings. The first-order valence-electron chi connectivity index (χ1n) is 7.82. The van der Waals surface area contributed by atoms with Gasteiger partial charge in [0.05, 0.1) is 5.75 Å². The fourth-order valence-corrected chi connectivity index (χ4v) is 3.84. The zero-order valence-corrected chi connectivity index (χ0v) is 15.3.